The van der Waals surface area contributed by atoms with Crippen molar-refractivity contribution < 1.29 is 19.8 Å². The highest BCUT2D eigenvalue weighted by Crippen LogP contribution is 2.39. The second-order valence-corrected chi connectivity index (χ2v) is 5.10. The lowest BCUT2D eigenvalue weighted by molar-refractivity contribution is -0.154. The van der Waals surface area contributed by atoms with Gasteiger partial charge in [-0.1, -0.05) is 19.3 Å². The molecular formula is C13H23NO4. The van der Waals surface area contributed by atoms with Gasteiger partial charge in [0, 0.05) is 19.6 Å². The molecule has 0 aliphatic heterocycles. The third-order valence-electron chi connectivity index (χ3n) is 3.67. The summed E-state index contributed by atoms with van der Waals surface area (Å²) in [4.78, 5) is 23.1. The number of rotatable bonds is 7. The zero-order valence-electron chi connectivity index (χ0n) is 10.8. The van der Waals surface area contributed by atoms with Gasteiger partial charge in [0.05, 0.1) is 5.41 Å². The lowest BCUT2D eigenvalue weighted by atomic mass is 9.71. The van der Waals surface area contributed by atoms with Crippen LogP contribution in [0.3, 0.4) is 0 Å². The molecule has 0 aromatic rings. The number of carboxylic acid groups (broad SMARTS) is 1. The van der Waals surface area contributed by atoms with Gasteiger partial charge in [-0.05, 0) is 25.7 Å². The van der Waals surface area contributed by atoms with Crippen LogP contribution in [-0.2, 0) is 9.59 Å². The van der Waals surface area contributed by atoms with Gasteiger partial charge in [-0.15, -0.1) is 0 Å². The maximum atomic E-state index is 11.7. The van der Waals surface area contributed by atoms with Gasteiger partial charge in [-0.25, -0.2) is 0 Å². The van der Waals surface area contributed by atoms with Crippen molar-refractivity contribution in [3.63, 3.8) is 0 Å². The van der Waals surface area contributed by atoms with Crippen LogP contribution in [0.25, 0.3) is 0 Å². The summed E-state index contributed by atoms with van der Waals surface area (Å²) < 4.78 is 0. The minimum absolute atomic E-state index is 0.0848. The van der Waals surface area contributed by atoms with Crippen LogP contribution in [0.4, 0.5) is 0 Å². The molecule has 0 spiro atoms. The second kappa shape index (κ2) is 7.36. The molecule has 104 valence electrons. The summed E-state index contributed by atoms with van der Waals surface area (Å²) in [6, 6.07) is 0. The number of nitrogens with one attached hydrogen (secondary N) is 1. The van der Waals surface area contributed by atoms with Crippen LogP contribution in [0, 0.1) is 5.41 Å². The van der Waals surface area contributed by atoms with Crippen molar-refractivity contribution in [2.45, 2.75) is 51.4 Å². The van der Waals surface area contributed by atoms with Gasteiger partial charge < -0.3 is 15.5 Å². The zero-order valence-corrected chi connectivity index (χ0v) is 10.8. The topological polar surface area (TPSA) is 86.6 Å². The Hall–Kier alpha value is -1.10. The van der Waals surface area contributed by atoms with Crippen molar-refractivity contribution in [3.05, 3.63) is 0 Å². The molecule has 1 amide bonds. The van der Waals surface area contributed by atoms with Crippen LogP contribution in [0.15, 0.2) is 0 Å². The Morgan fingerprint density at radius 2 is 1.78 bits per heavy atom. The van der Waals surface area contributed by atoms with Gasteiger partial charge in [0.15, 0.2) is 0 Å². The number of carbonyl (C=O) groups excluding carboxylic acids is 1. The van der Waals surface area contributed by atoms with E-state index in [0.717, 1.165) is 25.7 Å². The maximum absolute atomic E-state index is 11.7. The third-order valence-corrected chi connectivity index (χ3v) is 3.67. The molecule has 5 heteroatoms. The molecule has 1 aliphatic rings. The molecule has 0 bridgehead atoms. The van der Waals surface area contributed by atoms with Gasteiger partial charge in [0.25, 0.3) is 0 Å². The van der Waals surface area contributed by atoms with E-state index in [1.165, 1.54) is 0 Å². The number of aliphatic carboxylic acids is 1. The van der Waals surface area contributed by atoms with Crippen LogP contribution in [0.5, 0.6) is 0 Å². The van der Waals surface area contributed by atoms with E-state index >= 15 is 0 Å². The van der Waals surface area contributed by atoms with E-state index in [9.17, 15) is 14.7 Å². The lowest BCUT2D eigenvalue weighted by Gasteiger charge is -2.32. The second-order valence-electron chi connectivity index (χ2n) is 5.10. The molecule has 0 radical (unpaired) electrons. The van der Waals surface area contributed by atoms with E-state index in [0.29, 0.717) is 25.8 Å². The molecule has 0 heterocycles. The third kappa shape index (κ3) is 4.29. The number of aliphatic hydroxyl groups is 1. The standard InChI is InChI=1S/C13H23NO4/c15-9-5-4-8-14-11(16)10-13(12(17)18)6-2-1-3-7-13/h15H,1-10H2,(H,14,16)(H,17,18). The molecule has 1 rings (SSSR count). The fourth-order valence-electron chi connectivity index (χ4n) is 2.53. The molecule has 0 saturated heterocycles. The molecule has 0 atom stereocenters. The molecule has 18 heavy (non-hydrogen) atoms. The maximum Gasteiger partial charge on any atom is 0.310 e. The van der Waals surface area contributed by atoms with E-state index < -0.39 is 11.4 Å². The highest BCUT2D eigenvalue weighted by Gasteiger charge is 2.41. The van der Waals surface area contributed by atoms with Crippen molar-refractivity contribution in [3.8, 4) is 0 Å². The van der Waals surface area contributed by atoms with Gasteiger partial charge in [0.2, 0.25) is 5.91 Å². The Morgan fingerprint density at radius 1 is 1.11 bits per heavy atom. The minimum atomic E-state index is -0.848. The average molecular weight is 257 g/mol. The first-order chi connectivity index (χ1) is 8.60. The first-order valence-corrected chi connectivity index (χ1v) is 6.72. The molecule has 5 nitrogen and oxygen atoms in total. The quantitative estimate of drug-likeness (QED) is 0.600. The van der Waals surface area contributed by atoms with Crippen LogP contribution < -0.4 is 5.32 Å². The number of unbranched alkanes of at least 4 members (excludes halogenated alkanes) is 1. The Kier molecular flexibility index (Phi) is 6.12. The number of amides is 1. The first-order valence-electron chi connectivity index (χ1n) is 6.72. The number of hydrogen-bond donors (Lipinski definition) is 3. The summed E-state index contributed by atoms with van der Waals surface area (Å²) in [5, 5.41) is 20.7. The van der Waals surface area contributed by atoms with Crippen molar-refractivity contribution in [1.82, 2.24) is 5.32 Å². The Morgan fingerprint density at radius 3 is 2.33 bits per heavy atom. The number of carboxylic acids is 1. The molecule has 1 aliphatic carbocycles. The summed E-state index contributed by atoms with van der Waals surface area (Å²) >= 11 is 0. The van der Waals surface area contributed by atoms with Gasteiger partial charge >= 0.3 is 5.97 Å². The summed E-state index contributed by atoms with van der Waals surface area (Å²) in [5.74, 6) is -1.02. The van der Waals surface area contributed by atoms with Gasteiger partial charge in [-0.3, -0.25) is 9.59 Å². The molecular weight excluding hydrogens is 234 g/mol. The Labute approximate surface area is 108 Å². The summed E-state index contributed by atoms with van der Waals surface area (Å²) in [7, 11) is 0. The van der Waals surface area contributed by atoms with Crippen LogP contribution in [-0.4, -0.2) is 35.2 Å². The predicted molar refractivity (Wildman–Crippen MR) is 67.1 cm³/mol. The SMILES string of the molecule is O=C(CC1(C(=O)O)CCCCC1)NCCCCO. The number of hydrogen-bond acceptors (Lipinski definition) is 3. The van der Waals surface area contributed by atoms with E-state index in [1.807, 2.05) is 0 Å². The van der Waals surface area contributed by atoms with E-state index in [1.54, 1.807) is 0 Å². The molecule has 3 N–H and O–H groups in total. The minimum Gasteiger partial charge on any atom is -0.481 e. The fraction of sp³-hybridized carbons (Fsp3) is 0.846. The Bertz CT molecular complexity index is 285. The summed E-state index contributed by atoms with van der Waals surface area (Å²) in [6.07, 6.45) is 5.52. The molecule has 0 aromatic heterocycles. The molecule has 1 fully saturated rings. The van der Waals surface area contributed by atoms with Crippen molar-refractivity contribution >= 4 is 11.9 Å². The van der Waals surface area contributed by atoms with E-state index in [4.69, 9.17) is 5.11 Å². The number of carbonyl (C=O) groups is 2. The average Bonchev–Trinajstić information content (AvgIpc) is 2.35. The van der Waals surface area contributed by atoms with E-state index in [-0.39, 0.29) is 18.9 Å². The van der Waals surface area contributed by atoms with Crippen molar-refractivity contribution in [1.29, 1.82) is 0 Å². The molecule has 1 saturated carbocycles. The fourth-order valence-corrected chi connectivity index (χ4v) is 2.53. The highest BCUT2D eigenvalue weighted by atomic mass is 16.4. The molecule has 0 unspecified atom stereocenters. The first kappa shape index (κ1) is 15.0. The Balaban J connectivity index is 2.41. The smallest absolute Gasteiger partial charge is 0.310 e. The van der Waals surface area contributed by atoms with E-state index in [2.05, 4.69) is 5.32 Å². The zero-order chi connectivity index (χ0) is 13.4. The summed E-state index contributed by atoms with van der Waals surface area (Å²) in [6.45, 7) is 0.629. The van der Waals surface area contributed by atoms with Crippen molar-refractivity contribution in [2.75, 3.05) is 13.2 Å². The predicted octanol–water partition coefficient (Wildman–Crippen LogP) is 1.30. The lowest BCUT2D eigenvalue weighted by Crippen LogP contribution is -2.39. The number of aliphatic hydroxyl groups excluding tert-OH is 1. The monoisotopic (exact) mass is 257 g/mol. The van der Waals surface area contributed by atoms with Gasteiger partial charge in [0.1, 0.15) is 0 Å². The van der Waals surface area contributed by atoms with Crippen LogP contribution >= 0.6 is 0 Å². The highest BCUT2D eigenvalue weighted by molar-refractivity contribution is 5.85. The van der Waals surface area contributed by atoms with Crippen LogP contribution in [0.1, 0.15) is 51.4 Å². The van der Waals surface area contributed by atoms with Crippen molar-refractivity contribution in [2.24, 2.45) is 5.41 Å². The molecule has 0 aromatic carbocycles. The van der Waals surface area contributed by atoms with Crippen LogP contribution in [0.2, 0.25) is 0 Å². The largest absolute Gasteiger partial charge is 0.481 e. The van der Waals surface area contributed by atoms with Gasteiger partial charge in [-0.2, -0.15) is 0 Å². The summed E-state index contributed by atoms with van der Waals surface area (Å²) in [5.41, 5.74) is -0.848. The normalized spacial score (nSPS) is 18.3.